The minimum Gasteiger partial charge on any atom is -1.00 e. The third kappa shape index (κ3) is 10.9. The largest absolute Gasteiger partial charge is 1.00 e. The molecule has 0 bridgehead atoms. The SMILES string of the molecule is CC[N+](C)(C)CCOc1ccc(OCC[N+](C)(C)CC)cc1.[I-].[I-]. The highest BCUT2D eigenvalue weighted by Gasteiger charge is 2.12. The lowest BCUT2D eigenvalue weighted by Crippen LogP contribution is -3.00. The van der Waals surface area contributed by atoms with Crippen LogP contribution >= 0.6 is 0 Å². The molecule has 0 aromatic heterocycles. The average Bonchev–Trinajstić information content (AvgIpc) is 2.48. The van der Waals surface area contributed by atoms with Crippen LogP contribution in [-0.4, -0.2) is 76.5 Å². The fraction of sp³-hybridized carbons (Fsp3) is 0.667. The van der Waals surface area contributed by atoms with E-state index in [-0.39, 0.29) is 48.0 Å². The molecule has 142 valence electrons. The van der Waals surface area contributed by atoms with Gasteiger partial charge in [0.15, 0.2) is 0 Å². The summed E-state index contributed by atoms with van der Waals surface area (Å²) in [7, 11) is 8.88. The lowest BCUT2D eigenvalue weighted by molar-refractivity contribution is -0.888. The Morgan fingerprint density at radius 1 is 0.667 bits per heavy atom. The Kier molecular flexibility index (Phi) is 13.8. The quantitative estimate of drug-likeness (QED) is 0.219. The number of likely N-dealkylation sites (N-methyl/N-ethyl adjacent to an activating group) is 2. The molecule has 0 saturated carbocycles. The van der Waals surface area contributed by atoms with Gasteiger partial charge in [-0.1, -0.05) is 0 Å². The topological polar surface area (TPSA) is 18.5 Å². The lowest BCUT2D eigenvalue weighted by Gasteiger charge is -2.28. The molecule has 0 N–H and O–H groups in total. The maximum absolute atomic E-state index is 5.80. The van der Waals surface area contributed by atoms with Gasteiger partial charge in [0.25, 0.3) is 0 Å². The van der Waals surface area contributed by atoms with Gasteiger partial charge < -0.3 is 66.4 Å². The van der Waals surface area contributed by atoms with Crippen molar-refractivity contribution in [3.05, 3.63) is 24.3 Å². The highest BCUT2D eigenvalue weighted by atomic mass is 127. The fourth-order valence-corrected chi connectivity index (χ4v) is 1.77. The molecule has 1 rings (SSSR count). The molecule has 0 radical (unpaired) electrons. The maximum Gasteiger partial charge on any atom is 0.137 e. The van der Waals surface area contributed by atoms with Crippen LogP contribution in [0.4, 0.5) is 0 Å². The second kappa shape index (κ2) is 12.5. The minimum absolute atomic E-state index is 0. The summed E-state index contributed by atoms with van der Waals surface area (Å²) in [6.07, 6.45) is 0. The summed E-state index contributed by atoms with van der Waals surface area (Å²) in [5.41, 5.74) is 0. The van der Waals surface area contributed by atoms with Gasteiger partial charge in [0.1, 0.15) is 37.8 Å². The molecule has 0 aliphatic heterocycles. The van der Waals surface area contributed by atoms with Gasteiger partial charge in [-0.25, -0.2) is 0 Å². The van der Waals surface area contributed by atoms with Gasteiger partial charge in [0, 0.05) is 0 Å². The van der Waals surface area contributed by atoms with E-state index in [2.05, 4.69) is 42.0 Å². The van der Waals surface area contributed by atoms with E-state index < -0.39 is 0 Å². The summed E-state index contributed by atoms with van der Waals surface area (Å²) in [4.78, 5) is 0. The monoisotopic (exact) mass is 564 g/mol. The molecule has 0 heterocycles. The first-order chi connectivity index (χ1) is 10.3. The number of hydrogen-bond acceptors (Lipinski definition) is 2. The van der Waals surface area contributed by atoms with E-state index in [9.17, 15) is 0 Å². The van der Waals surface area contributed by atoms with Crippen LogP contribution < -0.4 is 57.4 Å². The molecule has 4 nitrogen and oxygen atoms in total. The van der Waals surface area contributed by atoms with Gasteiger partial charge in [0.05, 0.1) is 41.3 Å². The van der Waals surface area contributed by atoms with E-state index in [0.717, 1.165) is 59.9 Å². The van der Waals surface area contributed by atoms with Gasteiger partial charge in [-0.15, -0.1) is 0 Å². The van der Waals surface area contributed by atoms with Crippen molar-refractivity contribution in [1.82, 2.24) is 0 Å². The smallest absolute Gasteiger partial charge is 0.137 e. The molecule has 24 heavy (non-hydrogen) atoms. The van der Waals surface area contributed by atoms with Crippen LogP contribution in [0.1, 0.15) is 13.8 Å². The Morgan fingerprint density at radius 3 is 1.21 bits per heavy atom. The zero-order chi connectivity index (χ0) is 16.6. The molecule has 0 atom stereocenters. The van der Waals surface area contributed by atoms with E-state index in [4.69, 9.17) is 9.47 Å². The molecule has 0 fully saturated rings. The third-order valence-corrected chi connectivity index (χ3v) is 4.47. The molecule has 0 aliphatic carbocycles. The van der Waals surface area contributed by atoms with Crippen molar-refractivity contribution in [3.8, 4) is 11.5 Å². The van der Waals surface area contributed by atoms with Crippen LogP contribution in [0, 0.1) is 0 Å². The van der Waals surface area contributed by atoms with Crippen molar-refractivity contribution >= 4 is 0 Å². The first-order valence-corrected chi connectivity index (χ1v) is 8.27. The number of halogens is 2. The first kappa shape index (κ1) is 26.4. The molecule has 1 aromatic rings. The maximum atomic E-state index is 5.80. The van der Waals surface area contributed by atoms with Gasteiger partial charge in [-0.2, -0.15) is 0 Å². The summed E-state index contributed by atoms with van der Waals surface area (Å²) >= 11 is 0. The summed E-state index contributed by atoms with van der Waals surface area (Å²) < 4.78 is 13.6. The van der Waals surface area contributed by atoms with Crippen LogP contribution in [0.25, 0.3) is 0 Å². The van der Waals surface area contributed by atoms with Gasteiger partial charge in [0.2, 0.25) is 0 Å². The standard InChI is InChI=1S/C18H34N2O2.2HI/c1-7-19(3,4)13-15-21-17-9-11-18(12-10-17)22-16-14-20(5,6)8-2;;/h9-12H,7-8,13-16H2,1-6H3;2*1H/q+2;;/p-2. The number of rotatable bonds is 10. The van der Waals surface area contributed by atoms with Crippen LogP contribution in [0.5, 0.6) is 11.5 Å². The zero-order valence-corrected chi connectivity index (χ0v) is 20.3. The summed E-state index contributed by atoms with van der Waals surface area (Å²) in [5, 5.41) is 0. The molecule has 0 spiro atoms. The Labute approximate surface area is 182 Å². The number of hydrogen-bond donors (Lipinski definition) is 0. The van der Waals surface area contributed by atoms with E-state index in [0.29, 0.717) is 0 Å². The highest BCUT2D eigenvalue weighted by molar-refractivity contribution is 5.31. The number of ether oxygens (including phenoxy) is 2. The van der Waals surface area contributed by atoms with Crippen LogP contribution in [0.2, 0.25) is 0 Å². The summed E-state index contributed by atoms with van der Waals surface area (Å²) in [6, 6.07) is 7.95. The van der Waals surface area contributed by atoms with Crippen molar-refractivity contribution in [2.45, 2.75) is 13.8 Å². The molecular formula is C18H34I2N2O2. The minimum atomic E-state index is 0. The van der Waals surface area contributed by atoms with Gasteiger partial charge >= 0.3 is 0 Å². The van der Waals surface area contributed by atoms with Crippen molar-refractivity contribution in [2.24, 2.45) is 0 Å². The molecule has 0 saturated heterocycles. The van der Waals surface area contributed by atoms with Crippen molar-refractivity contribution in [1.29, 1.82) is 0 Å². The average molecular weight is 564 g/mol. The molecule has 0 aliphatic rings. The van der Waals surface area contributed by atoms with E-state index in [1.807, 2.05) is 24.3 Å². The van der Waals surface area contributed by atoms with E-state index >= 15 is 0 Å². The third-order valence-electron chi connectivity index (χ3n) is 4.47. The Morgan fingerprint density at radius 2 is 0.958 bits per heavy atom. The number of nitrogens with zero attached hydrogens (tertiary/aromatic N) is 2. The van der Waals surface area contributed by atoms with Crippen LogP contribution in [0.3, 0.4) is 0 Å². The molecular weight excluding hydrogens is 530 g/mol. The van der Waals surface area contributed by atoms with Crippen molar-refractivity contribution < 1.29 is 66.4 Å². The van der Waals surface area contributed by atoms with Gasteiger partial charge in [-0.3, -0.25) is 0 Å². The second-order valence-corrected chi connectivity index (χ2v) is 7.12. The van der Waals surface area contributed by atoms with Crippen LogP contribution in [-0.2, 0) is 0 Å². The molecule has 1 aromatic carbocycles. The normalized spacial score (nSPS) is 11.2. The predicted molar refractivity (Wildman–Crippen MR) is 92.5 cm³/mol. The fourth-order valence-electron chi connectivity index (χ4n) is 1.77. The summed E-state index contributed by atoms with van der Waals surface area (Å²) in [6.45, 7) is 10.1. The molecule has 0 unspecified atom stereocenters. The first-order valence-electron chi connectivity index (χ1n) is 8.27. The number of benzene rings is 1. The highest BCUT2D eigenvalue weighted by Crippen LogP contribution is 2.17. The van der Waals surface area contributed by atoms with Crippen LogP contribution in [0.15, 0.2) is 24.3 Å². The van der Waals surface area contributed by atoms with Gasteiger partial charge in [-0.05, 0) is 38.1 Å². The van der Waals surface area contributed by atoms with Crippen molar-refractivity contribution in [3.63, 3.8) is 0 Å². The predicted octanol–water partition coefficient (Wildman–Crippen LogP) is -3.36. The van der Waals surface area contributed by atoms with Crippen molar-refractivity contribution in [2.75, 3.05) is 67.6 Å². The van der Waals surface area contributed by atoms with E-state index in [1.165, 1.54) is 0 Å². The Hall–Kier alpha value is 0.200. The Balaban J connectivity index is 0. The lowest BCUT2D eigenvalue weighted by atomic mass is 10.3. The van der Waals surface area contributed by atoms with E-state index in [1.54, 1.807) is 0 Å². The molecule has 6 heteroatoms. The number of quaternary nitrogens is 2. The zero-order valence-electron chi connectivity index (χ0n) is 16.0. The molecule has 0 amide bonds. The summed E-state index contributed by atoms with van der Waals surface area (Å²) in [5.74, 6) is 1.82. The Bertz CT molecular complexity index is 396. The second-order valence-electron chi connectivity index (χ2n) is 7.12.